The van der Waals surface area contributed by atoms with Gasteiger partial charge in [0.05, 0.1) is 9.89 Å². The third kappa shape index (κ3) is 3.58. The summed E-state index contributed by atoms with van der Waals surface area (Å²) in [6.07, 6.45) is -0.0397. The summed E-state index contributed by atoms with van der Waals surface area (Å²) in [6.45, 7) is 0. The van der Waals surface area contributed by atoms with Gasteiger partial charge in [0.15, 0.2) is 0 Å². The highest BCUT2D eigenvalue weighted by atomic mass is 79.9. The molecule has 0 aliphatic carbocycles. The molecule has 0 amide bonds. The molecule has 6 heteroatoms. The van der Waals surface area contributed by atoms with Gasteiger partial charge in [-0.05, 0) is 55.6 Å². The minimum atomic E-state index is -0.545. The summed E-state index contributed by atoms with van der Waals surface area (Å²) in [6, 6.07) is 7.61. The third-order valence-corrected chi connectivity index (χ3v) is 6.62. The first-order chi connectivity index (χ1) is 8.47. The molecule has 2 aromatic rings. The number of thiophene rings is 1. The van der Waals surface area contributed by atoms with Crippen LogP contribution in [0, 0.1) is 0 Å². The Morgan fingerprint density at radius 2 is 1.94 bits per heavy atom. The largest absolute Gasteiger partial charge is 0.387 e. The van der Waals surface area contributed by atoms with Gasteiger partial charge in [0, 0.05) is 25.3 Å². The van der Waals surface area contributed by atoms with E-state index in [1.807, 2.05) is 24.3 Å². The van der Waals surface area contributed by atoms with E-state index in [4.69, 9.17) is 11.6 Å². The summed E-state index contributed by atoms with van der Waals surface area (Å²) >= 11 is 17.9. The average molecular weight is 475 g/mol. The second-order valence-electron chi connectivity index (χ2n) is 3.73. The Kier molecular flexibility index (Phi) is 5.31. The summed E-state index contributed by atoms with van der Waals surface area (Å²) in [4.78, 5) is 0.910. The Morgan fingerprint density at radius 3 is 2.50 bits per heavy atom. The lowest BCUT2D eigenvalue weighted by molar-refractivity contribution is 0.182. The zero-order valence-corrected chi connectivity index (χ0v) is 15.3. The summed E-state index contributed by atoms with van der Waals surface area (Å²) < 4.78 is 2.88. The SMILES string of the molecule is OC(Cc1ccc(Br)cc1Cl)c1cc(Br)c(Br)s1. The van der Waals surface area contributed by atoms with Gasteiger partial charge in [-0.15, -0.1) is 11.3 Å². The van der Waals surface area contributed by atoms with E-state index >= 15 is 0 Å². The van der Waals surface area contributed by atoms with Crippen molar-refractivity contribution in [3.63, 3.8) is 0 Å². The molecule has 0 aliphatic heterocycles. The molecule has 1 atom stereocenters. The number of halogens is 4. The molecule has 1 aromatic carbocycles. The Bertz CT molecular complexity index is 551. The normalized spacial score (nSPS) is 12.7. The van der Waals surface area contributed by atoms with Gasteiger partial charge in [-0.3, -0.25) is 0 Å². The summed E-state index contributed by atoms with van der Waals surface area (Å²) in [5, 5.41) is 10.9. The lowest BCUT2D eigenvalue weighted by Gasteiger charge is -2.10. The summed E-state index contributed by atoms with van der Waals surface area (Å²) in [5.74, 6) is 0. The fraction of sp³-hybridized carbons (Fsp3) is 0.167. The number of aliphatic hydroxyl groups is 1. The van der Waals surface area contributed by atoms with Crippen molar-refractivity contribution in [3.05, 3.63) is 52.5 Å². The quantitative estimate of drug-likeness (QED) is 0.581. The van der Waals surface area contributed by atoms with Gasteiger partial charge >= 0.3 is 0 Å². The first kappa shape index (κ1) is 15.0. The molecule has 1 aromatic heterocycles. The molecule has 0 saturated carbocycles. The van der Waals surface area contributed by atoms with Crippen LogP contribution in [0.2, 0.25) is 5.02 Å². The van der Waals surface area contributed by atoms with E-state index in [2.05, 4.69) is 47.8 Å². The average Bonchev–Trinajstić information content (AvgIpc) is 2.63. The predicted molar refractivity (Wildman–Crippen MR) is 87.5 cm³/mol. The van der Waals surface area contributed by atoms with E-state index in [1.54, 1.807) is 0 Å². The van der Waals surface area contributed by atoms with Gasteiger partial charge < -0.3 is 5.11 Å². The maximum Gasteiger partial charge on any atom is 0.0923 e. The zero-order chi connectivity index (χ0) is 13.3. The van der Waals surface area contributed by atoms with Crippen molar-refractivity contribution in [2.45, 2.75) is 12.5 Å². The molecule has 18 heavy (non-hydrogen) atoms. The Balaban J connectivity index is 2.18. The number of hydrogen-bond donors (Lipinski definition) is 1. The second-order valence-corrected chi connectivity index (χ2v) is 8.30. The van der Waals surface area contributed by atoms with E-state index in [-0.39, 0.29) is 0 Å². The van der Waals surface area contributed by atoms with Gasteiger partial charge in [0.25, 0.3) is 0 Å². The first-order valence-corrected chi connectivity index (χ1v) is 8.61. The lowest BCUT2D eigenvalue weighted by atomic mass is 10.1. The highest BCUT2D eigenvalue weighted by Crippen LogP contribution is 2.37. The molecule has 2 rings (SSSR count). The van der Waals surface area contributed by atoms with Crippen molar-refractivity contribution in [1.82, 2.24) is 0 Å². The number of aliphatic hydroxyl groups excluding tert-OH is 1. The van der Waals surface area contributed by atoms with Crippen LogP contribution in [0.5, 0.6) is 0 Å². The van der Waals surface area contributed by atoms with Gasteiger partial charge in [0.2, 0.25) is 0 Å². The molecule has 0 aliphatic rings. The third-order valence-electron chi connectivity index (χ3n) is 2.42. The fourth-order valence-electron chi connectivity index (χ4n) is 1.52. The van der Waals surface area contributed by atoms with Crippen LogP contribution in [-0.2, 0) is 6.42 Å². The van der Waals surface area contributed by atoms with Crippen LogP contribution in [0.4, 0.5) is 0 Å². The molecule has 1 N–H and O–H groups in total. The van der Waals surface area contributed by atoms with Crippen molar-refractivity contribution in [1.29, 1.82) is 0 Å². The molecule has 1 unspecified atom stereocenters. The number of hydrogen-bond acceptors (Lipinski definition) is 2. The molecular weight excluding hydrogens is 467 g/mol. The van der Waals surface area contributed by atoms with Gasteiger partial charge in [0.1, 0.15) is 0 Å². The van der Waals surface area contributed by atoms with Crippen molar-refractivity contribution in [2.24, 2.45) is 0 Å². The van der Waals surface area contributed by atoms with E-state index in [0.29, 0.717) is 11.4 Å². The molecule has 0 fully saturated rings. The molecule has 0 spiro atoms. The Morgan fingerprint density at radius 1 is 1.22 bits per heavy atom. The highest BCUT2D eigenvalue weighted by Gasteiger charge is 2.15. The van der Waals surface area contributed by atoms with Crippen LogP contribution in [-0.4, -0.2) is 5.11 Å². The Hall–Kier alpha value is 0.610. The predicted octanol–water partition coefficient (Wildman–Crippen LogP) is 5.97. The van der Waals surface area contributed by atoms with Gasteiger partial charge in [-0.2, -0.15) is 0 Å². The minimum absolute atomic E-state index is 0.505. The molecule has 1 nitrogen and oxygen atoms in total. The maximum absolute atomic E-state index is 10.2. The summed E-state index contributed by atoms with van der Waals surface area (Å²) in [7, 11) is 0. The van der Waals surface area contributed by atoms with E-state index in [1.165, 1.54) is 11.3 Å². The van der Waals surface area contributed by atoms with Crippen LogP contribution >= 0.6 is 70.7 Å². The number of rotatable bonds is 3. The van der Waals surface area contributed by atoms with Crippen molar-refractivity contribution >= 4 is 70.7 Å². The first-order valence-electron chi connectivity index (χ1n) is 5.04. The topological polar surface area (TPSA) is 20.2 Å². The lowest BCUT2D eigenvalue weighted by Crippen LogP contribution is -2.00. The molecule has 0 saturated heterocycles. The molecule has 96 valence electrons. The smallest absolute Gasteiger partial charge is 0.0923 e. The fourth-order valence-corrected chi connectivity index (χ4v) is 4.35. The van der Waals surface area contributed by atoms with Crippen LogP contribution in [0.3, 0.4) is 0 Å². The van der Waals surface area contributed by atoms with E-state index in [9.17, 15) is 5.11 Å². The van der Waals surface area contributed by atoms with Crippen LogP contribution in [0.1, 0.15) is 16.5 Å². The van der Waals surface area contributed by atoms with E-state index < -0.39 is 6.10 Å². The Labute approximate surface area is 140 Å². The van der Waals surface area contributed by atoms with Crippen molar-refractivity contribution < 1.29 is 5.11 Å². The second kappa shape index (κ2) is 6.37. The van der Waals surface area contributed by atoms with Crippen LogP contribution < -0.4 is 0 Å². The maximum atomic E-state index is 10.2. The highest BCUT2D eigenvalue weighted by molar-refractivity contribution is 9.13. The van der Waals surface area contributed by atoms with Gasteiger partial charge in [-0.25, -0.2) is 0 Å². The molecule has 0 radical (unpaired) electrons. The van der Waals surface area contributed by atoms with Crippen LogP contribution in [0.15, 0.2) is 37.0 Å². The van der Waals surface area contributed by atoms with Gasteiger partial charge in [-0.1, -0.05) is 33.6 Å². The van der Waals surface area contributed by atoms with Crippen molar-refractivity contribution in [3.8, 4) is 0 Å². The van der Waals surface area contributed by atoms with E-state index in [0.717, 1.165) is 23.2 Å². The van der Waals surface area contributed by atoms with Crippen LogP contribution in [0.25, 0.3) is 0 Å². The standard InChI is InChI=1S/C12H8Br3ClOS/c13-7-2-1-6(9(16)4-7)3-10(17)11-5-8(14)12(15)18-11/h1-2,4-5,10,17H,3H2. The monoisotopic (exact) mass is 472 g/mol. The number of benzene rings is 1. The zero-order valence-electron chi connectivity index (χ0n) is 8.96. The summed E-state index contributed by atoms with van der Waals surface area (Å²) in [5.41, 5.74) is 0.938. The van der Waals surface area contributed by atoms with Crippen molar-refractivity contribution in [2.75, 3.05) is 0 Å². The molecule has 0 bridgehead atoms. The molecular formula is C12H8Br3ClOS. The minimum Gasteiger partial charge on any atom is -0.387 e. The molecule has 1 heterocycles.